The van der Waals surface area contributed by atoms with Gasteiger partial charge < -0.3 is 9.84 Å². The Kier molecular flexibility index (Phi) is 7.91. The maximum absolute atomic E-state index is 15.2. The van der Waals surface area contributed by atoms with Crippen LogP contribution in [0, 0.1) is 36.0 Å². The van der Waals surface area contributed by atoms with E-state index in [0.717, 1.165) is 26.1 Å². The highest BCUT2D eigenvalue weighted by Crippen LogP contribution is 2.65. The number of carbonyl (C=O) groups excluding carboxylic acids is 4. The van der Waals surface area contributed by atoms with Crippen molar-refractivity contribution in [2.24, 2.45) is 36.1 Å². The van der Waals surface area contributed by atoms with Gasteiger partial charge in [0.25, 0.3) is 0 Å². The predicted molar refractivity (Wildman–Crippen MR) is 207 cm³/mol. The van der Waals surface area contributed by atoms with Crippen LogP contribution in [0.5, 0.6) is 11.5 Å². The fourth-order valence-electron chi connectivity index (χ4n) is 9.60. The van der Waals surface area contributed by atoms with Gasteiger partial charge >= 0.3 is 0 Å². The lowest BCUT2D eigenvalue weighted by molar-refractivity contribution is -0.131. The highest BCUT2D eigenvalue weighted by molar-refractivity contribution is 7.22. The smallest absolute Gasteiger partial charge is 0.242 e. The van der Waals surface area contributed by atoms with Crippen LogP contribution in [-0.2, 0) is 26.2 Å². The number of phenolic OH excluding ortho intramolecular Hbond substituents is 1. The van der Waals surface area contributed by atoms with Crippen molar-refractivity contribution in [2.75, 3.05) is 16.9 Å². The van der Waals surface area contributed by atoms with E-state index in [9.17, 15) is 19.5 Å². The van der Waals surface area contributed by atoms with Crippen LogP contribution in [0.3, 0.4) is 0 Å². The third-order valence-electron chi connectivity index (χ3n) is 12.1. The summed E-state index contributed by atoms with van der Waals surface area (Å²) in [4.78, 5) is 61.8. The van der Waals surface area contributed by atoms with Crippen molar-refractivity contribution in [3.8, 4) is 22.1 Å². The van der Waals surface area contributed by atoms with Crippen molar-refractivity contribution < 1.29 is 29.0 Å². The molecule has 2 saturated heterocycles. The molecule has 0 radical (unpaired) electrons. The monoisotopic (exact) mass is 780 g/mol. The quantitative estimate of drug-likeness (QED) is 0.141. The molecule has 2 aliphatic carbocycles. The average Bonchev–Trinajstić information content (AvgIpc) is 3.82. The van der Waals surface area contributed by atoms with Crippen molar-refractivity contribution in [3.05, 3.63) is 99.6 Å². The second kappa shape index (κ2) is 12.3. The molecule has 4 aliphatic rings. The summed E-state index contributed by atoms with van der Waals surface area (Å²) < 4.78 is 8.37. The van der Waals surface area contributed by atoms with E-state index in [2.05, 4.69) is 0 Å². The maximum atomic E-state index is 15.2. The molecule has 3 aromatic carbocycles. The zero-order chi connectivity index (χ0) is 38.0. The van der Waals surface area contributed by atoms with Gasteiger partial charge in [-0.3, -0.25) is 28.8 Å². The number of aryl methyl sites for hydroxylation is 2. The van der Waals surface area contributed by atoms with Crippen molar-refractivity contribution in [1.82, 2.24) is 9.78 Å². The number of allylic oxidation sites excluding steroid dienone is 2. The summed E-state index contributed by atoms with van der Waals surface area (Å²) in [6.07, 6.45) is 2.36. The summed E-state index contributed by atoms with van der Waals surface area (Å²) >= 11 is 14.0. The van der Waals surface area contributed by atoms with Crippen LogP contribution in [0.25, 0.3) is 20.7 Å². The van der Waals surface area contributed by atoms with Crippen LogP contribution in [0.15, 0.2) is 78.4 Å². The van der Waals surface area contributed by atoms with E-state index in [4.69, 9.17) is 33.0 Å². The molecule has 1 saturated carbocycles. The number of hydrogen-bond donors (Lipinski definition) is 1. The van der Waals surface area contributed by atoms with Gasteiger partial charge in [0.05, 0.1) is 40.8 Å². The number of imide groups is 2. The van der Waals surface area contributed by atoms with Crippen LogP contribution in [-0.4, -0.2) is 45.6 Å². The Bertz CT molecular complexity index is 2510. The van der Waals surface area contributed by atoms with Gasteiger partial charge in [0.1, 0.15) is 23.0 Å². The van der Waals surface area contributed by atoms with E-state index >= 15 is 4.79 Å². The second-order valence-electron chi connectivity index (χ2n) is 14.8. The number of ether oxygens (including phenoxy) is 1. The fraction of sp³-hybridized carbons (Fsp3) is 0.293. The fourth-order valence-corrected chi connectivity index (χ4v) is 11.0. The molecule has 10 nitrogen and oxygen atoms in total. The SMILES string of the molecule is COc1cccc(O)c1[C@H]1C2=CC[C@@H]3C(=O)N(c4ccc(Cl)cc4)C(=O)[C@@H]3[C@@H]2C[C@H]2C(=O)N(c3cc(-c4sc5ccc(Cl)cc5c4C)nn3C)C(=O)[C@@]12C. The zero-order valence-corrected chi connectivity index (χ0v) is 32.0. The molecule has 4 amide bonds. The molecule has 0 bridgehead atoms. The van der Waals surface area contributed by atoms with Crippen LogP contribution in [0.2, 0.25) is 10.0 Å². The molecule has 3 fully saturated rings. The highest BCUT2D eigenvalue weighted by Gasteiger charge is 2.68. The van der Waals surface area contributed by atoms with Gasteiger partial charge in [0.2, 0.25) is 23.6 Å². The molecule has 2 aliphatic heterocycles. The van der Waals surface area contributed by atoms with E-state index in [1.54, 1.807) is 72.5 Å². The number of hydrogen-bond acceptors (Lipinski definition) is 8. The number of aromatic hydroxyl groups is 1. The van der Waals surface area contributed by atoms with Crippen molar-refractivity contribution in [2.45, 2.75) is 32.6 Å². The first kappa shape index (κ1) is 34.8. The number of fused-ring (bicyclic) bond motifs is 5. The Hall–Kier alpha value is -4.97. The Morgan fingerprint density at radius 3 is 2.41 bits per heavy atom. The summed E-state index contributed by atoms with van der Waals surface area (Å²) in [6.45, 7) is 3.77. The first-order valence-electron chi connectivity index (χ1n) is 17.7. The minimum Gasteiger partial charge on any atom is -0.508 e. The summed E-state index contributed by atoms with van der Waals surface area (Å²) in [5.74, 6) is -4.74. The lowest BCUT2D eigenvalue weighted by Crippen LogP contribution is -2.49. The van der Waals surface area contributed by atoms with Gasteiger partial charge in [-0.1, -0.05) is 40.9 Å². The molecule has 9 rings (SSSR count). The second-order valence-corrected chi connectivity index (χ2v) is 16.7. The normalized spacial score (nSPS) is 26.3. The molecular formula is C41H34Cl2N4O6S. The van der Waals surface area contributed by atoms with E-state index in [0.29, 0.717) is 38.6 Å². The topological polar surface area (TPSA) is 122 Å². The van der Waals surface area contributed by atoms with E-state index < -0.39 is 46.8 Å². The maximum Gasteiger partial charge on any atom is 0.242 e. The van der Waals surface area contributed by atoms with E-state index in [-0.39, 0.29) is 30.4 Å². The third kappa shape index (κ3) is 4.74. The molecular weight excluding hydrogens is 747 g/mol. The Labute approximate surface area is 324 Å². The molecule has 54 heavy (non-hydrogen) atoms. The Morgan fingerprint density at radius 1 is 0.926 bits per heavy atom. The van der Waals surface area contributed by atoms with E-state index in [1.807, 2.05) is 31.2 Å². The molecule has 274 valence electrons. The Morgan fingerprint density at radius 2 is 1.67 bits per heavy atom. The number of methoxy groups -OCH3 is 1. The van der Waals surface area contributed by atoms with Crippen LogP contribution < -0.4 is 14.5 Å². The number of phenols is 1. The number of carbonyl (C=O) groups is 4. The highest BCUT2D eigenvalue weighted by atomic mass is 35.5. The largest absolute Gasteiger partial charge is 0.508 e. The summed E-state index contributed by atoms with van der Waals surface area (Å²) in [6, 6.07) is 18.9. The molecule has 1 N–H and O–H groups in total. The number of halogens is 2. The summed E-state index contributed by atoms with van der Waals surface area (Å²) in [7, 11) is 3.19. The van der Waals surface area contributed by atoms with Crippen molar-refractivity contribution in [3.63, 3.8) is 0 Å². The first-order valence-corrected chi connectivity index (χ1v) is 19.2. The van der Waals surface area contributed by atoms with E-state index in [1.165, 1.54) is 23.0 Å². The molecule has 0 spiro atoms. The number of rotatable bonds is 5. The van der Waals surface area contributed by atoms with Gasteiger partial charge in [0.15, 0.2) is 0 Å². The molecule has 13 heteroatoms. The number of thiophene rings is 1. The average molecular weight is 782 g/mol. The first-order chi connectivity index (χ1) is 25.8. The minimum atomic E-state index is -1.39. The number of aromatic nitrogens is 2. The number of anilines is 2. The lowest BCUT2D eigenvalue weighted by Gasteiger charge is -2.49. The van der Waals surface area contributed by atoms with Crippen LogP contribution in [0.4, 0.5) is 11.5 Å². The standard InChI is InChI=1S/C41H34Cl2N4O6S/c1-19-25-16-21(43)10-15-31(25)54-36(19)28-18-32(45(3)44-28)47-38(50)27-17-26-23(35(41(27,2)40(47)52)34-29(48)6-5-7-30(34)53-4)13-14-24-33(26)39(51)46(37(24)49)22-11-8-20(42)9-12-22/h5-13,15-16,18,24,26-27,33,35,48H,14,17H2,1-4H3/t24-,26+,27-,33-,35+,41+/m0/s1. The lowest BCUT2D eigenvalue weighted by atomic mass is 9.51. The summed E-state index contributed by atoms with van der Waals surface area (Å²) in [5, 5.41) is 18.4. The molecule has 0 unspecified atom stereocenters. The van der Waals surface area contributed by atoms with Gasteiger partial charge in [-0.05, 0) is 98.2 Å². The van der Waals surface area contributed by atoms with Crippen molar-refractivity contribution >= 4 is 79.8 Å². The minimum absolute atomic E-state index is 0.0959. The molecule has 6 atom stereocenters. The van der Waals surface area contributed by atoms with Gasteiger partial charge in [-0.15, -0.1) is 11.3 Å². The van der Waals surface area contributed by atoms with Gasteiger partial charge in [0, 0.05) is 39.3 Å². The summed E-state index contributed by atoms with van der Waals surface area (Å²) in [5.41, 5.74) is 1.73. The Balaban J connectivity index is 1.17. The molecule has 4 heterocycles. The van der Waals surface area contributed by atoms with Gasteiger partial charge in [-0.2, -0.15) is 5.10 Å². The van der Waals surface area contributed by atoms with Crippen LogP contribution in [0.1, 0.15) is 36.8 Å². The number of amides is 4. The molecule has 2 aromatic heterocycles. The predicted octanol–water partition coefficient (Wildman–Crippen LogP) is 8.07. The van der Waals surface area contributed by atoms with Crippen molar-refractivity contribution in [1.29, 1.82) is 0 Å². The zero-order valence-electron chi connectivity index (χ0n) is 29.7. The van der Waals surface area contributed by atoms with Crippen LogP contribution >= 0.6 is 34.5 Å². The number of benzene rings is 3. The third-order valence-corrected chi connectivity index (χ3v) is 13.9. The molecule has 5 aromatic rings. The number of nitrogens with zero attached hydrogens (tertiary/aromatic N) is 4. The van der Waals surface area contributed by atoms with Gasteiger partial charge in [-0.25, -0.2) is 4.90 Å².